The molecule has 0 saturated carbocycles. The summed E-state index contributed by atoms with van der Waals surface area (Å²) in [5.74, 6) is -0.441. The summed E-state index contributed by atoms with van der Waals surface area (Å²) in [6, 6.07) is 6.00. The van der Waals surface area contributed by atoms with Crippen LogP contribution in [0, 0.1) is 4.78 Å². The third-order valence-corrected chi connectivity index (χ3v) is 2.90. The van der Waals surface area contributed by atoms with Crippen molar-refractivity contribution in [2.24, 2.45) is 0 Å². The molecule has 0 fully saturated rings. The van der Waals surface area contributed by atoms with Crippen LogP contribution in [-0.4, -0.2) is 23.5 Å². The maximum absolute atomic E-state index is 11.3. The van der Waals surface area contributed by atoms with Gasteiger partial charge in [-0.2, -0.15) is 0 Å². The fourth-order valence-electron chi connectivity index (χ4n) is 0.969. The number of ether oxygens (including phenoxy) is 1. The molecule has 0 heterocycles. The minimum absolute atomic E-state index is 0.389. The Hall–Kier alpha value is -1.36. The standard InChI is InChI=1S/C9H11NO3S/c1-13-9(11)7-3-5-8(6-4-7)14(2,10)12/h3-6,10H,1-2H3/t14-/m0/s1. The minimum atomic E-state index is -2.70. The van der Waals surface area contributed by atoms with Gasteiger partial charge in [0.1, 0.15) is 0 Å². The largest absolute Gasteiger partial charge is 0.465 e. The van der Waals surface area contributed by atoms with Crippen molar-refractivity contribution < 1.29 is 13.7 Å². The van der Waals surface area contributed by atoms with Crippen LogP contribution in [0.4, 0.5) is 0 Å². The molecular weight excluding hydrogens is 202 g/mol. The van der Waals surface area contributed by atoms with Crippen LogP contribution in [-0.2, 0) is 14.5 Å². The summed E-state index contributed by atoms with van der Waals surface area (Å²) in [5, 5.41) is 0. The van der Waals surface area contributed by atoms with Gasteiger partial charge in [-0.25, -0.2) is 13.8 Å². The Morgan fingerprint density at radius 3 is 2.21 bits per heavy atom. The maximum atomic E-state index is 11.3. The zero-order valence-corrected chi connectivity index (χ0v) is 8.76. The number of hydrogen-bond donors (Lipinski definition) is 1. The zero-order chi connectivity index (χ0) is 10.8. The van der Waals surface area contributed by atoms with Crippen molar-refractivity contribution in [2.45, 2.75) is 4.90 Å². The predicted molar refractivity (Wildman–Crippen MR) is 52.8 cm³/mol. The van der Waals surface area contributed by atoms with Crippen LogP contribution in [0.1, 0.15) is 10.4 Å². The van der Waals surface area contributed by atoms with Gasteiger partial charge in [-0.1, -0.05) is 0 Å². The third-order valence-electron chi connectivity index (χ3n) is 1.73. The van der Waals surface area contributed by atoms with Crippen LogP contribution in [0.15, 0.2) is 29.2 Å². The van der Waals surface area contributed by atoms with Gasteiger partial charge in [-0.05, 0) is 24.3 Å². The van der Waals surface area contributed by atoms with E-state index in [0.717, 1.165) is 0 Å². The summed E-state index contributed by atoms with van der Waals surface area (Å²) in [6.07, 6.45) is 1.33. The monoisotopic (exact) mass is 213 g/mol. The SMILES string of the molecule is COC(=O)c1ccc([S@@](C)(=N)=O)cc1. The van der Waals surface area contributed by atoms with Crippen LogP contribution < -0.4 is 0 Å². The molecule has 1 N–H and O–H groups in total. The topological polar surface area (TPSA) is 67.2 Å². The highest BCUT2D eigenvalue weighted by atomic mass is 32.2. The van der Waals surface area contributed by atoms with Crippen LogP contribution in [0.2, 0.25) is 0 Å². The number of carbonyl (C=O) groups excluding carboxylic acids is 1. The number of rotatable bonds is 2. The molecule has 14 heavy (non-hydrogen) atoms. The van der Waals surface area contributed by atoms with E-state index in [9.17, 15) is 9.00 Å². The highest BCUT2D eigenvalue weighted by molar-refractivity contribution is 7.91. The van der Waals surface area contributed by atoms with E-state index >= 15 is 0 Å². The molecule has 0 saturated heterocycles. The molecule has 0 aromatic heterocycles. The average molecular weight is 213 g/mol. The second-order valence-electron chi connectivity index (χ2n) is 2.86. The van der Waals surface area contributed by atoms with Gasteiger partial charge in [0.05, 0.1) is 22.4 Å². The molecule has 0 radical (unpaired) electrons. The zero-order valence-electron chi connectivity index (χ0n) is 7.94. The lowest BCUT2D eigenvalue weighted by atomic mass is 10.2. The number of carbonyl (C=O) groups is 1. The second-order valence-corrected chi connectivity index (χ2v) is 5.02. The molecule has 5 heteroatoms. The molecule has 0 aliphatic carbocycles. The van der Waals surface area contributed by atoms with Crippen LogP contribution in [0.5, 0.6) is 0 Å². The smallest absolute Gasteiger partial charge is 0.337 e. The number of hydrogen-bond acceptors (Lipinski definition) is 4. The van der Waals surface area contributed by atoms with Gasteiger partial charge in [0.25, 0.3) is 0 Å². The molecule has 0 bridgehead atoms. The van der Waals surface area contributed by atoms with Gasteiger partial charge in [0.2, 0.25) is 0 Å². The summed E-state index contributed by atoms with van der Waals surface area (Å²) >= 11 is 0. The van der Waals surface area contributed by atoms with Crippen molar-refractivity contribution in [3.05, 3.63) is 29.8 Å². The summed E-state index contributed by atoms with van der Waals surface area (Å²) in [6.45, 7) is 0. The van der Waals surface area contributed by atoms with Crippen LogP contribution in [0.3, 0.4) is 0 Å². The van der Waals surface area contributed by atoms with E-state index in [0.29, 0.717) is 10.5 Å². The Labute approximate surface area is 82.9 Å². The van der Waals surface area contributed by atoms with Gasteiger partial charge in [0.15, 0.2) is 0 Å². The van der Waals surface area contributed by atoms with Crippen LogP contribution >= 0.6 is 0 Å². The predicted octanol–water partition coefficient (Wildman–Crippen LogP) is 1.51. The fourth-order valence-corrected chi connectivity index (χ4v) is 1.62. The number of methoxy groups -OCH3 is 1. The van der Waals surface area contributed by atoms with Crippen LogP contribution in [0.25, 0.3) is 0 Å². The highest BCUT2D eigenvalue weighted by Crippen LogP contribution is 2.11. The Bertz CT molecular complexity index is 434. The first-order chi connectivity index (χ1) is 6.45. The average Bonchev–Trinajstić information content (AvgIpc) is 2.15. The quantitative estimate of drug-likeness (QED) is 0.757. The third kappa shape index (κ3) is 2.32. The summed E-state index contributed by atoms with van der Waals surface area (Å²) in [7, 11) is -1.41. The molecule has 1 rings (SSSR count). The Balaban J connectivity index is 3.07. The summed E-state index contributed by atoms with van der Waals surface area (Å²) in [5.41, 5.74) is 0.389. The molecule has 4 nitrogen and oxygen atoms in total. The van der Waals surface area contributed by atoms with Gasteiger partial charge in [-0.3, -0.25) is 0 Å². The van der Waals surface area contributed by atoms with E-state index in [2.05, 4.69) is 4.74 Å². The molecule has 1 atom stereocenters. The first-order valence-electron chi connectivity index (χ1n) is 3.87. The van der Waals surface area contributed by atoms with E-state index in [1.807, 2.05) is 0 Å². The van der Waals surface area contributed by atoms with E-state index in [1.165, 1.54) is 37.6 Å². The molecular formula is C9H11NO3S. The lowest BCUT2D eigenvalue weighted by molar-refractivity contribution is 0.0600. The molecule has 1 aromatic carbocycles. The van der Waals surface area contributed by atoms with E-state index < -0.39 is 15.7 Å². The Morgan fingerprint density at radius 2 is 1.86 bits per heavy atom. The fraction of sp³-hybridized carbons (Fsp3) is 0.222. The summed E-state index contributed by atoms with van der Waals surface area (Å²) < 4.78 is 23.1. The van der Waals surface area contributed by atoms with Gasteiger partial charge < -0.3 is 4.74 Å². The lowest BCUT2D eigenvalue weighted by Gasteiger charge is -2.02. The minimum Gasteiger partial charge on any atom is -0.465 e. The summed E-state index contributed by atoms with van der Waals surface area (Å²) in [4.78, 5) is 11.4. The van der Waals surface area contributed by atoms with Crippen molar-refractivity contribution >= 4 is 15.7 Å². The number of nitrogens with one attached hydrogen (secondary N) is 1. The molecule has 0 aliphatic heterocycles. The van der Waals surface area contributed by atoms with Gasteiger partial charge in [-0.15, -0.1) is 0 Å². The molecule has 0 unspecified atom stereocenters. The highest BCUT2D eigenvalue weighted by Gasteiger charge is 2.07. The second kappa shape index (κ2) is 3.79. The van der Waals surface area contributed by atoms with Crippen molar-refractivity contribution in [1.29, 1.82) is 4.78 Å². The molecule has 0 spiro atoms. The molecule has 0 aliphatic rings. The molecule has 1 aromatic rings. The van der Waals surface area contributed by atoms with Crippen molar-refractivity contribution in [3.8, 4) is 0 Å². The number of benzene rings is 1. The van der Waals surface area contributed by atoms with Gasteiger partial charge in [0, 0.05) is 11.2 Å². The normalized spacial score (nSPS) is 14.4. The maximum Gasteiger partial charge on any atom is 0.337 e. The Morgan fingerprint density at radius 1 is 1.36 bits per heavy atom. The van der Waals surface area contributed by atoms with Crippen molar-refractivity contribution in [2.75, 3.05) is 13.4 Å². The van der Waals surface area contributed by atoms with Gasteiger partial charge >= 0.3 is 5.97 Å². The van der Waals surface area contributed by atoms with Crippen molar-refractivity contribution in [1.82, 2.24) is 0 Å². The Kier molecular flexibility index (Phi) is 2.90. The first kappa shape index (κ1) is 10.7. The van der Waals surface area contributed by atoms with E-state index in [1.54, 1.807) is 0 Å². The van der Waals surface area contributed by atoms with E-state index in [4.69, 9.17) is 4.78 Å². The first-order valence-corrected chi connectivity index (χ1v) is 5.84. The molecule has 0 amide bonds. The lowest BCUT2D eigenvalue weighted by Crippen LogP contribution is -2.02. The molecule has 76 valence electrons. The van der Waals surface area contributed by atoms with E-state index in [-0.39, 0.29) is 0 Å². The number of esters is 1. The van der Waals surface area contributed by atoms with Crippen molar-refractivity contribution in [3.63, 3.8) is 0 Å².